The van der Waals surface area contributed by atoms with E-state index in [9.17, 15) is 4.79 Å². The van der Waals surface area contributed by atoms with Gasteiger partial charge >= 0.3 is 5.97 Å². The predicted molar refractivity (Wildman–Crippen MR) is 44.9 cm³/mol. The van der Waals surface area contributed by atoms with E-state index in [4.69, 9.17) is 9.84 Å². The fraction of sp³-hybridized carbons (Fsp3) is 0.889. The molecule has 70 valence electrons. The highest BCUT2D eigenvalue weighted by molar-refractivity contribution is 5.72. The van der Waals surface area contributed by atoms with E-state index < -0.39 is 12.1 Å². The average Bonchev–Trinajstić information content (AvgIpc) is 2.30. The van der Waals surface area contributed by atoms with Crippen molar-refractivity contribution < 1.29 is 14.6 Å². The quantitative estimate of drug-likeness (QED) is 0.687. The highest BCUT2D eigenvalue weighted by Gasteiger charge is 2.37. The molecule has 1 aliphatic rings. The number of hydrogen-bond donors (Lipinski definition) is 1. The third-order valence-corrected chi connectivity index (χ3v) is 2.40. The molecule has 0 aromatic carbocycles. The van der Waals surface area contributed by atoms with Crippen molar-refractivity contribution in [2.75, 3.05) is 0 Å². The van der Waals surface area contributed by atoms with Crippen LogP contribution in [0.5, 0.6) is 0 Å². The van der Waals surface area contributed by atoms with Crippen LogP contribution in [0, 0.1) is 11.8 Å². The van der Waals surface area contributed by atoms with Gasteiger partial charge in [-0.3, -0.25) is 0 Å². The van der Waals surface area contributed by atoms with Crippen LogP contribution in [0.25, 0.3) is 0 Å². The Hall–Kier alpha value is -0.570. The molecule has 0 radical (unpaired) electrons. The standard InChI is InChI=1S/C9H16O3/c1-5(2)8-6(3)4-7(12-8)9(10)11/h5-8H,4H2,1-3H3,(H,10,11). The van der Waals surface area contributed by atoms with Crippen LogP contribution >= 0.6 is 0 Å². The molecule has 3 heteroatoms. The molecule has 1 aliphatic heterocycles. The lowest BCUT2D eigenvalue weighted by Crippen LogP contribution is -2.23. The number of hydrogen-bond acceptors (Lipinski definition) is 2. The maximum Gasteiger partial charge on any atom is 0.332 e. The summed E-state index contributed by atoms with van der Waals surface area (Å²) in [5.41, 5.74) is 0. The van der Waals surface area contributed by atoms with Gasteiger partial charge in [-0.1, -0.05) is 20.8 Å². The molecule has 0 saturated carbocycles. The van der Waals surface area contributed by atoms with Crippen molar-refractivity contribution >= 4 is 5.97 Å². The molecular formula is C9H16O3. The summed E-state index contributed by atoms with van der Waals surface area (Å²) >= 11 is 0. The molecule has 0 amide bonds. The van der Waals surface area contributed by atoms with Crippen molar-refractivity contribution in [3.05, 3.63) is 0 Å². The summed E-state index contributed by atoms with van der Waals surface area (Å²) in [6.45, 7) is 6.17. The zero-order valence-electron chi connectivity index (χ0n) is 7.78. The number of aliphatic carboxylic acids is 1. The first-order valence-corrected chi connectivity index (χ1v) is 4.40. The van der Waals surface area contributed by atoms with E-state index in [1.807, 2.05) is 6.92 Å². The van der Waals surface area contributed by atoms with Gasteiger partial charge in [-0.2, -0.15) is 0 Å². The van der Waals surface area contributed by atoms with Crippen molar-refractivity contribution in [3.8, 4) is 0 Å². The predicted octanol–water partition coefficient (Wildman–Crippen LogP) is 1.52. The van der Waals surface area contributed by atoms with Gasteiger partial charge in [0.25, 0.3) is 0 Å². The van der Waals surface area contributed by atoms with Crippen molar-refractivity contribution in [2.45, 2.75) is 39.4 Å². The second-order valence-corrected chi connectivity index (χ2v) is 3.88. The van der Waals surface area contributed by atoms with Gasteiger partial charge in [0.1, 0.15) is 0 Å². The van der Waals surface area contributed by atoms with Gasteiger partial charge in [-0.05, 0) is 18.3 Å². The summed E-state index contributed by atoms with van der Waals surface area (Å²) in [5.74, 6) is -0.0551. The van der Waals surface area contributed by atoms with Crippen molar-refractivity contribution in [1.29, 1.82) is 0 Å². The summed E-state index contributed by atoms with van der Waals surface area (Å²) in [4.78, 5) is 10.6. The van der Waals surface area contributed by atoms with E-state index in [1.54, 1.807) is 0 Å². The first kappa shape index (κ1) is 9.52. The Morgan fingerprint density at radius 3 is 2.42 bits per heavy atom. The Labute approximate surface area is 72.7 Å². The van der Waals surface area contributed by atoms with Crippen LogP contribution in [-0.4, -0.2) is 23.3 Å². The molecule has 1 heterocycles. The van der Waals surface area contributed by atoms with Crippen LogP contribution in [-0.2, 0) is 9.53 Å². The lowest BCUT2D eigenvalue weighted by Gasteiger charge is -2.18. The molecule has 0 spiro atoms. The fourth-order valence-corrected chi connectivity index (χ4v) is 1.82. The number of carboxylic acids is 1. The molecule has 0 aliphatic carbocycles. The summed E-state index contributed by atoms with van der Waals surface area (Å²) in [6, 6.07) is 0. The van der Waals surface area contributed by atoms with Crippen molar-refractivity contribution in [1.82, 2.24) is 0 Å². The van der Waals surface area contributed by atoms with E-state index in [0.717, 1.165) is 0 Å². The normalized spacial score (nSPS) is 35.8. The van der Waals surface area contributed by atoms with Crippen LogP contribution < -0.4 is 0 Å². The fourth-order valence-electron chi connectivity index (χ4n) is 1.82. The summed E-state index contributed by atoms with van der Waals surface area (Å²) in [6.07, 6.45) is 0.191. The number of ether oxygens (including phenoxy) is 1. The van der Waals surface area contributed by atoms with E-state index >= 15 is 0 Å². The molecular weight excluding hydrogens is 156 g/mol. The Morgan fingerprint density at radius 1 is 1.58 bits per heavy atom. The maximum atomic E-state index is 10.6. The summed E-state index contributed by atoms with van der Waals surface area (Å²) < 4.78 is 5.40. The third kappa shape index (κ3) is 1.78. The van der Waals surface area contributed by atoms with Gasteiger partial charge in [0, 0.05) is 0 Å². The Kier molecular flexibility index (Phi) is 2.73. The van der Waals surface area contributed by atoms with Crippen LogP contribution in [0.1, 0.15) is 27.2 Å². The van der Waals surface area contributed by atoms with Crippen LogP contribution in [0.3, 0.4) is 0 Å². The lowest BCUT2D eigenvalue weighted by molar-refractivity contribution is -0.150. The SMILES string of the molecule is CC(C)C1OC(C(=O)O)CC1C. The Balaban J connectivity index is 2.56. The minimum atomic E-state index is -0.829. The van der Waals surface area contributed by atoms with E-state index in [-0.39, 0.29) is 6.10 Å². The lowest BCUT2D eigenvalue weighted by atomic mass is 9.94. The van der Waals surface area contributed by atoms with Gasteiger partial charge in [-0.25, -0.2) is 4.79 Å². The van der Waals surface area contributed by atoms with Gasteiger partial charge in [0.05, 0.1) is 6.10 Å². The minimum absolute atomic E-state index is 0.117. The van der Waals surface area contributed by atoms with Gasteiger partial charge in [0.15, 0.2) is 6.10 Å². The maximum absolute atomic E-state index is 10.6. The Morgan fingerprint density at radius 2 is 2.17 bits per heavy atom. The average molecular weight is 172 g/mol. The zero-order valence-corrected chi connectivity index (χ0v) is 7.78. The smallest absolute Gasteiger partial charge is 0.332 e. The minimum Gasteiger partial charge on any atom is -0.479 e. The molecule has 1 rings (SSSR count). The topological polar surface area (TPSA) is 46.5 Å². The van der Waals surface area contributed by atoms with Crippen LogP contribution in [0.4, 0.5) is 0 Å². The monoisotopic (exact) mass is 172 g/mol. The first-order chi connectivity index (χ1) is 5.52. The highest BCUT2D eigenvalue weighted by Crippen LogP contribution is 2.30. The summed E-state index contributed by atoms with van der Waals surface area (Å²) in [5, 5.41) is 8.71. The number of rotatable bonds is 2. The second kappa shape index (κ2) is 3.44. The van der Waals surface area contributed by atoms with Crippen LogP contribution in [0.15, 0.2) is 0 Å². The van der Waals surface area contributed by atoms with Gasteiger partial charge in [0.2, 0.25) is 0 Å². The molecule has 1 saturated heterocycles. The molecule has 1 N–H and O–H groups in total. The molecule has 3 unspecified atom stereocenters. The van der Waals surface area contributed by atoms with Crippen LogP contribution in [0.2, 0.25) is 0 Å². The van der Waals surface area contributed by atoms with E-state index in [0.29, 0.717) is 18.3 Å². The molecule has 0 aromatic rings. The largest absolute Gasteiger partial charge is 0.479 e. The van der Waals surface area contributed by atoms with Crippen molar-refractivity contribution in [3.63, 3.8) is 0 Å². The first-order valence-electron chi connectivity index (χ1n) is 4.40. The number of carboxylic acid groups (broad SMARTS) is 1. The second-order valence-electron chi connectivity index (χ2n) is 3.88. The molecule has 12 heavy (non-hydrogen) atoms. The van der Waals surface area contributed by atoms with Gasteiger partial charge in [-0.15, -0.1) is 0 Å². The highest BCUT2D eigenvalue weighted by atomic mass is 16.5. The molecule has 0 aromatic heterocycles. The summed E-state index contributed by atoms with van der Waals surface area (Å²) in [7, 11) is 0. The molecule has 0 bridgehead atoms. The zero-order chi connectivity index (χ0) is 9.30. The van der Waals surface area contributed by atoms with E-state index in [1.165, 1.54) is 0 Å². The van der Waals surface area contributed by atoms with Gasteiger partial charge < -0.3 is 9.84 Å². The number of carbonyl (C=O) groups is 1. The third-order valence-electron chi connectivity index (χ3n) is 2.40. The molecule has 3 nitrogen and oxygen atoms in total. The van der Waals surface area contributed by atoms with E-state index in [2.05, 4.69) is 13.8 Å². The molecule has 1 fully saturated rings. The van der Waals surface area contributed by atoms with Crippen molar-refractivity contribution in [2.24, 2.45) is 11.8 Å². The Bertz CT molecular complexity index is 177. The molecule has 3 atom stereocenters.